The molecular formula is C18H26N2O. The van der Waals surface area contributed by atoms with Crippen molar-refractivity contribution >= 4 is 5.91 Å². The molecule has 3 nitrogen and oxygen atoms in total. The van der Waals surface area contributed by atoms with Gasteiger partial charge in [0.2, 0.25) is 5.91 Å². The minimum atomic E-state index is 0.312. The molecule has 1 aromatic carbocycles. The fourth-order valence-corrected chi connectivity index (χ4v) is 3.78. The van der Waals surface area contributed by atoms with Crippen molar-refractivity contribution in [3.63, 3.8) is 0 Å². The molecule has 2 aliphatic rings. The van der Waals surface area contributed by atoms with Crippen LogP contribution in [-0.4, -0.2) is 36.5 Å². The smallest absolute Gasteiger partial charge is 0.227 e. The highest BCUT2D eigenvalue weighted by Crippen LogP contribution is 2.28. The van der Waals surface area contributed by atoms with E-state index >= 15 is 0 Å². The van der Waals surface area contributed by atoms with Crippen LogP contribution in [0.2, 0.25) is 0 Å². The zero-order chi connectivity index (χ0) is 14.7. The standard InChI is InChI=1S/C18H26N2O/c1-14-6-8-15(9-7-14)12-18(21)20-11-3-5-17(20)16-4-2-10-19-13-16/h6-9,16-17,19H,2-5,10-13H2,1H3. The summed E-state index contributed by atoms with van der Waals surface area (Å²) in [6, 6.07) is 8.82. The maximum atomic E-state index is 12.7. The highest BCUT2D eigenvalue weighted by atomic mass is 16.2. The van der Waals surface area contributed by atoms with E-state index in [1.165, 1.54) is 31.2 Å². The van der Waals surface area contributed by atoms with E-state index < -0.39 is 0 Å². The molecule has 21 heavy (non-hydrogen) atoms. The highest BCUT2D eigenvalue weighted by Gasteiger charge is 2.34. The molecule has 0 aliphatic carbocycles. The van der Waals surface area contributed by atoms with Crippen LogP contribution in [-0.2, 0) is 11.2 Å². The first kappa shape index (κ1) is 14.6. The first-order chi connectivity index (χ1) is 10.2. The first-order valence-corrected chi connectivity index (χ1v) is 8.30. The number of likely N-dealkylation sites (tertiary alicyclic amines) is 1. The fourth-order valence-electron chi connectivity index (χ4n) is 3.78. The Morgan fingerprint density at radius 1 is 1.24 bits per heavy atom. The Balaban J connectivity index is 1.63. The number of amides is 1. The van der Waals surface area contributed by atoms with Crippen LogP contribution < -0.4 is 5.32 Å². The van der Waals surface area contributed by atoms with Gasteiger partial charge in [-0.3, -0.25) is 4.79 Å². The summed E-state index contributed by atoms with van der Waals surface area (Å²) in [5, 5.41) is 3.49. The molecule has 2 fully saturated rings. The summed E-state index contributed by atoms with van der Waals surface area (Å²) in [6.45, 7) is 5.25. The summed E-state index contributed by atoms with van der Waals surface area (Å²) in [4.78, 5) is 14.8. The molecule has 0 spiro atoms. The summed E-state index contributed by atoms with van der Waals surface area (Å²) >= 11 is 0. The first-order valence-electron chi connectivity index (χ1n) is 8.30. The molecule has 2 unspecified atom stereocenters. The summed E-state index contributed by atoms with van der Waals surface area (Å²) in [6.07, 6.45) is 5.43. The van der Waals surface area contributed by atoms with Gasteiger partial charge in [0.05, 0.1) is 6.42 Å². The van der Waals surface area contributed by atoms with Crippen molar-refractivity contribution in [1.82, 2.24) is 10.2 Å². The molecule has 3 rings (SSSR count). The van der Waals surface area contributed by atoms with Crippen LogP contribution in [0.15, 0.2) is 24.3 Å². The van der Waals surface area contributed by atoms with Gasteiger partial charge in [0.15, 0.2) is 0 Å². The zero-order valence-electron chi connectivity index (χ0n) is 13.0. The van der Waals surface area contributed by atoms with Crippen LogP contribution in [0, 0.1) is 12.8 Å². The van der Waals surface area contributed by atoms with Crippen molar-refractivity contribution in [3.8, 4) is 0 Å². The molecule has 1 amide bonds. The summed E-state index contributed by atoms with van der Waals surface area (Å²) in [5.74, 6) is 0.968. The quantitative estimate of drug-likeness (QED) is 0.926. The Morgan fingerprint density at radius 3 is 2.76 bits per heavy atom. The van der Waals surface area contributed by atoms with Gasteiger partial charge in [0, 0.05) is 12.6 Å². The molecule has 2 heterocycles. The van der Waals surface area contributed by atoms with Crippen molar-refractivity contribution in [2.24, 2.45) is 5.92 Å². The van der Waals surface area contributed by atoms with E-state index in [2.05, 4.69) is 41.4 Å². The Bertz CT molecular complexity index is 476. The zero-order valence-corrected chi connectivity index (χ0v) is 13.0. The summed E-state index contributed by atoms with van der Waals surface area (Å²) in [5.41, 5.74) is 2.39. The van der Waals surface area contributed by atoms with Crippen LogP contribution in [0.25, 0.3) is 0 Å². The highest BCUT2D eigenvalue weighted by molar-refractivity contribution is 5.79. The van der Waals surface area contributed by atoms with Crippen molar-refractivity contribution in [2.45, 2.75) is 45.1 Å². The minimum Gasteiger partial charge on any atom is -0.339 e. The number of carbonyl (C=O) groups excluding carboxylic acids is 1. The monoisotopic (exact) mass is 286 g/mol. The average Bonchev–Trinajstić information content (AvgIpc) is 3.00. The van der Waals surface area contributed by atoms with Gasteiger partial charge in [-0.1, -0.05) is 29.8 Å². The third kappa shape index (κ3) is 3.46. The van der Waals surface area contributed by atoms with Crippen molar-refractivity contribution < 1.29 is 4.79 Å². The second kappa shape index (κ2) is 6.61. The SMILES string of the molecule is Cc1ccc(CC(=O)N2CCCC2C2CCCNC2)cc1. The van der Waals surface area contributed by atoms with Crippen molar-refractivity contribution in [3.05, 3.63) is 35.4 Å². The number of hydrogen-bond acceptors (Lipinski definition) is 2. The van der Waals surface area contributed by atoms with Crippen LogP contribution in [0.5, 0.6) is 0 Å². The van der Waals surface area contributed by atoms with Crippen molar-refractivity contribution in [2.75, 3.05) is 19.6 Å². The molecule has 2 atom stereocenters. The average molecular weight is 286 g/mol. The fraction of sp³-hybridized carbons (Fsp3) is 0.611. The van der Waals surface area contributed by atoms with Gasteiger partial charge in [0.1, 0.15) is 0 Å². The lowest BCUT2D eigenvalue weighted by Crippen LogP contribution is -2.46. The Hall–Kier alpha value is -1.35. The molecule has 1 aromatic rings. The lowest BCUT2D eigenvalue weighted by molar-refractivity contribution is -0.132. The minimum absolute atomic E-state index is 0.312. The lowest BCUT2D eigenvalue weighted by atomic mass is 9.90. The number of carbonyl (C=O) groups is 1. The topological polar surface area (TPSA) is 32.3 Å². The molecule has 2 aliphatic heterocycles. The number of piperidine rings is 1. The predicted octanol–water partition coefficient (Wildman–Crippen LogP) is 2.53. The van der Waals surface area contributed by atoms with E-state index in [0.717, 1.165) is 25.2 Å². The number of aryl methyl sites for hydroxylation is 1. The number of rotatable bonds is 3. The molecule has 0 radical (unpaired) electrons. The Kier molecular flexibility index (Phi) is 4.59. The summed E-state index contributed by atoms with van der Waals surface area (Å²) in [7, 11) is 0. The van der Waals surface area contributed by atoms with Gasteiger partial charge in [-0.25, -0.2) is 0 Å². The lowest BCUT2D eigenvalue weighted by Gasteiger charge is -2.34. The second-order valence-electron chi connectivity index (χ2n) is 6.57. The van der Waals surface area contributed by atoms with Gasteiger partial charge in [-0.15, -0.1) is 0 Å². The van der Waals surface area contributed by atoms with Gasteiger partial charge in [0.25, 0.3) is 0 Å². The molecule has 3 heteroatoms. The van der Waals surface area contributed by atoms with Crippen LogP contribution in [0.3, 0.4) is 0 Å². The van der Waals surface area contributed by atoms with E-state index in [1.54, 1.807) is 0 Å². The number of hydrogen-bond donors (Lipinski definition) is 1. The number of benzene rings is 1. The van der Waals surface area contributed by atoms with E-state index in [4.69, 9.17) is 0 Å². The molecule has 0 saturated carbocycles. The van der Waals surface area contributed by atoms with Gasteiger partial charge < -0.3 is 10.2 Å². The third-order valence-corrected chi connectivity index (χ3v) is 4.97. The van der Waals surface area contributed by atoms with Gasteiger partial charge >= 0.3 is 0 Å². The normalized spacial score (nSPS) is 26.0. The van der Waals surface area contributed by atoms with Gasteiger partial charge in [-0.05, 0) is 57.2 Å². The molecule has 114 valence electrons. The molecular weight excluding hydrogens is 260 g/mol. The van der Waals surface area contributed by atoms with Crippen LogP contribution in [0.1, 0.15) is 36.8 Å². The van der Waals surface area contributed by atoms with E-state index in [9.17, 15) is 4.79 Å². The predicted molar refractivity (Wildman–Crippen MR) is 85.2 cm³/mol. The van der Waals surface area contributed by atoms with Crippen molar-refractivity contribution in [1.29, 1.82) is 0 Å². The van der Waals surface area contributed by atoms with E-state index in [-0.39, 0.29) is 0 Å². The van der Waals surface area contributed by atoms with Gasteiger partial charge in [-0.2, -0.15) is 0 Å². The largest absolute Gasteiger partial charge is 0.339 e. The van der Waals surface area contributed by atoms with E-state index in [1.807, 2.05) is 0 Å². The molecule has 2 saturated heterocycles. The number of nitrogens with one attached hydrogen (secondary N) is 1. The molecule has 0 aromatic heterocycles. The maximum absolute atomic E-state index is 12.7. The third-order valence-electron chi connectivity index (χ3n) is 4.97. The van der Waals surface area contributed by atoms with Crippen LogP contribution in [0.4, 0.5) is 0 Å². The molecule has 1 N–H and O–H groups in total. The Labute approximate surface area is 127 Å². The number of nitrogens with zero attached hydrogens (tertiary/aromatic N) is 1. The van der Waals surface area contributed by atoms with Crippen LogP contribution >= 0.6 is 0 Å². The maximum Gasteiger partial charge on any atom is 0.227 e. The molecule has 0 bridgehead atoms. The Morgan fingerprint density at radius 2 is 2.05 bits per heavy atom. The second-order valence-corrected chi connectivity index (χ2v) is 6.57. The van der Waals surface area contributed by atoms with E-state index in [0.29, 0.717) is 24.3 Å². The summed E-state index contributed by atoms with van der Waals surface area (Å²) < 4.78 is 0.